The molecule has 35 heavy (non-hydrogen) atoms. The topological polar surface area (TPSA) is 61.9 Å². The van der Waals surface area contributed by atoms with Gasteiger partial charge in [-0.05, 0) is 99.1 Å². The lowest BCUT2D eigenvalue weighted by Crippen LogP contribution is -2.46. The highest BCUT2D eigenvalue weighted by molar-refractivity contribution is 5.92. The van der Waals surface area contributed by atoms with Crippen LogP contribution in [0.1, 0.15) is 41.9 Å². The molecule has 2 saturated heterocycles. The molecule has 3 amide bonds. The predicted molar refractivity (Wildman–Crippen MR) is 125 cm³/mol. The van der Waals surface area contributed by atoms with Crippen LogP contribution in [0.3, 0.4) is 0 Å². The van der Waals surface area contributed by atoms with Crippen molar-refractivity contribution in [3.63, 3.8) is 0 Å². The average Bonchev–Trinajstić information content (AvgIpc) is 3.19. The number of carbonyl (C=O) groups is 2. The number of rotatable bonds is 7. The number of piperidine rings is 1. The Bertz CT molecular complexity index is 1070. The summed E-state index contributed by atoms with van der Waals surface area (Å²) in [7, 11) is 0. The number of ether oxygens (including phenoxy) is 1. The van der Waals surface area contributed by atoms with Crippen molar-refractivity contribution in [2.45, 2.75) is 44.6 Å². The second kappa shape index (κ2) is 11.1. The quantitative estimate of drug-likeness (QED) is 0.570. The number of likely N-dealkylation sites (tertiary alicyclic amines) is 1. The number of urea groups is 1. The summed E-state index contributed by atoms with van der Waals surface area (Å²) < 4.78 is 45.1. The van der Waals surface area contributed by atoms with Gasteiger partial charge in [0.05, 0.1) is 6.04 Å². The molecule has 6 nitrogen and oxygen atoms in total. The first kappa shape index (κ1) is 25.0. The minimum absolute atomic E-state index is 0.00766. The van der Waals surface area contributed by atoms with Crippen molar-refractivity contribution in [2.75, 3.05) is 32.8 Å². The number of hydrogen-bond acceptors (Lipinski definition) is 4. The van der Waals surface area contributed by atoms with E-state index in [1.807, 2.05) is 13.0 Å². The first-order valence-electron chi connectivity index (χ1n) is 12.0. The van der Waals surface area contributed by atoms with Crippen LogP contribution in [0.15, 0.2) is 36.4 Å². The number of nitrogens with one attached hydrogen (secondary N) is 1. The first-order valence-corrected chi connectivity index (χ1v) is 12.0. The molecule has 0 bridgehead atoms. The van der Waals surface area contributed by atoms with E-state index in [1.165, 1.54) is 17.7 Å². The van der Waals surface area contributed by atoms with Gasteiger partial charge in [0, 0.05) is 6.54 Å². The Morgan fingerprint density at radius 3 is 2.57 bits per heavy atom. The van der Waals surface area contributed by atoms with Gasteiger partial charge < -0.3 is 15.0 Å². The fourth-order valence-corrected chi connectivity index (χ4v) is 4.95. The zero-order chi connectivity index (χ0) is 24.9. The van der Waals surface area contributed by atoms with Crippen LogP contribution >= 0.6 is 0 Å². The minimum atomic E-state index is -0.972. The lowest BCUT2D eigenvalue weighted by Gasteiger charge is -2.32. The summed E-state index contributed by atoms with van der Waals surface area (Å²) in [6, 6.07) is 7.39. The Balaban J connectivity index is 1.20. The minimum Gasteiger partial charge on any atom is -0.447 e. The van der Waals surface area contributed by atoms with Crippen molar-refractivity contribution < 1.29 is 27.5 Å². The molecular weight excluding hydrogens is 459 g/mol. The maximum absolute atomic E-state index is 13.5. The Labute approximate surface area is 203 Å². The van der Waals surface area contributed by atoms with Crippen LogP contribution in [0.5, 0.6) is 0 Å². The Morgan fingerprint density at radius 1 is 1.09 bits per heavy atom. The molecule has 2 aliphatic rings. The van der Waals surface area contributed by atoms with Gasteiger partial charge in [0.1, 0.15) is 12.4 Å². The van der Waals surface area contributed by atoms with E-state index in [0.717, 1.165) is 61.5 Å². The van der Waals surface area contributed by atoms with Gasteiger partial charge in [-0.3, -0.25) is 0 Å². The molecule has 0 saturated carbocycles. The van der Waals surface area contributed by atoms with E-state index in [9.17, 15) is 22.8 Å². The average molecular weight is 490 g/mol. The van der Waals surface area contributed by atoms with Gasteiger partial charge in [-0.2, -0.15) is 0 Å². The molecule has 4 rings (SSSR count). The first-order chi connectivity index (χ1) is 16.8. The molecular formula is C26H30F3N3O3. The number of hydrogen-bond donors (Lipinski definition) is 1. The Hall–Kier alpha value is -3.07. The molecule has 2 heterocycles. The summed E-state index contributed by atoms with van der Waals surface area (Å²) in [5.74, 6) is -1.69. The van der Waals surface area contributed by atoms with Crippen LogP contribution in [0.2, 0.25) is 0 Å². The van der Waals surface area contributed by atoms with E-state index in [-0.39, 0.29) is 18.8 Å². The van der Waals surface area contributed by atoms with Crippen LogP contribution in [-0.2, 0) is 11.2 Å². The van der Waals surface area contributed by atoms with Crippen molar-refractivity contribution in [1.82, 2.24) is 15.1 Å². The molecule has 1 atom stereocenters. The molecule has 0 spiro atoms. The molecule has 0 aliphatic carbocycles. The molecule has 188 valence electrons. The summed E-state index contributed by atoms with van der Waals surface area (Å²) >= 11 is 0. The van der Waals surface area contributed by atoms with Crippen molar-refractivity contribution in [1.29, 1.82) is 0 Å². The van der Waals surface area contributed by atoms with Crippen LogP contribution in [0.25, 0.3) is 0 Å². The molecule has 2 fully saturated rings. The van der Waals surface area contributed by atoms with Crippen LogP contribution < -0.4 is 5.32 Å². The number of aryl methyl sites for hydroxylation is 1. The number of amides is 3. The molecule has 9 heteroatoms. The van der Waals surface area contributed by atoms with Crippen LogP contribution in [0, 0.1) is 24.4 Å². The highest BCUT2D eigenvalue weighted by Crippen LogP contribution is 2.30. The van der Waals surface area contributed by atoms with E-state index in [4.69, 9.17) is 4.74 Å². The van der Waals surface area contributed by atoms with E-state index in [1.54, 1.807) is 6.07 Å². The Morgan fingerprint density at radius 2 is 1.86 bits per heavy atom. The fraction of sp³-hybridized carbons (Fsp3) is 0.462. The van der Waals surface area contributed by atoms with Gasteiger partial charge in [-0.25, -0.2) is 27.7 Å². The standard InChI is InChI=1S/C26H30F3N3O3/c1-17-13-20(27)4-5-22(17)19-7-11-31(12-8-19)10-2-9-30-25(33)32-21(16-35-26(32)34)14-18-3-6-23(28)24(29)15-18/h3-6,13,15,19,21H,2,7-12,14,16H2,1H3,(H,30,33). The maximum Gasteiger partial charge on any atom is 0.418 e. The summed E-state index contributed by atoms with van der Waals surface area (Å²) in [6.45, 7) is 5.05. The van der Waals surface area contributed by atoms with Gasteiger partial charge in [-0.15, -0.1) is 0 Å². The molecule has 0 radical (unpaired) electrons. The third kappa shape index (κ3) is 6.14. The van der Waals surface area contributed by atoms with Gasteiger partial charge in [0.25, 0.3) is 0 Å². The normalized spacial score (nSPS) is 19.1. The van der Waals surface area contributed by atoms with Gasteiger partial charge in [0.15, 0.2) is 11.6 Å². The van der Waals surface area contributed by atoms with Crippen molar-refractivity contribution in [3.05, 3.63) is 70.5 Å². The monoisotopic (exact) mass is 489 g/mol. The number of imide groups is 1. The van der Waals surface area contributed by atoms with Crippen molar-refractivity contribution >= 4 is 12.1 Å². The molecule has 2 aromatic carbocycles. The van der Waals surface area contributed by atoms with Crippen molar-refractivity contribution in [3.8, 4) is 0 Å². The van der Waals surface area contributed by atoms with Crippen LogP contribution in [0.4, 0.5) is 22.8 Å². The third-order valence-electron chi connectivity index (χ3n) is 6.82. The number of nitrogens with zero attached hydrogens (tertiary/aromatic N) is 2. The molecule has 2 aliphatic heterocycles. The van der Waals surface area contributed by atoms with Gasteiger partial charge in [-0.1, -0.05) is 12.1 Å². The second-order valence-electron chi connectivity index (χ2n) is 9.26. The second-order valence-corrected chi connectivity index (χ2v) is 9.26. The zero-order valence-corrected chi connectivity index (χ0v) is 19.7. The third-order valence-corrected chi connectivity index (χ3v) is 6.82. The number of halogens is 3. The van der Waals surface area contributed by atoms with Gasteiger partial charge in [0.2, 0.25) is 0 Å². The van der Waals surface area contributed by atoms with Crippen molar-refractivity contribution in [2.24, 2.45) is 0 Å². The largest absolute Gasteiger partial charge is 0.447 e. The SMILES string of the molecule is Cc1cc(F)ccc1C1CCN(CCCNC(=O)N2C(=O)OCC2Cc2ccc(F)c(F)c2)CC1. The van der Waals surface area contributed by atoms with E-state index in [2.05, 4.69) is 10.2 Å². The summed E-state index contributed by atoms with van der Waals surface area (Å²) in [6.07, 6.45) is 2.17. The molecule has 0 aromatic heterocycles. The number of carbonyl (C=O) groups excluding carboxylic acids is 2. The molecule has 1 N–H and O–H groups in total. The molecule has 1 unspecified atom stereocenters. The van der Waals surface area contributed by atoms with Gasteiger partial charge >= 0.3 is 12.1 Å². The zero-order valence-electron chi connectivity index (χ0n) is 19.7. The number of cyclic esters (lactones) is 1. The van der Waals surface area contributed by atoms with Crippen LogP contribution in [-0.4, -0.2) is 60.8 Å². The smallest absolute Gasteiger partial charge is 0.418 e. The predicted octanol–water partition coefficient (Wildman–Crippen LogP) is 4.75. The summed E-state index contributed by atoms with van der Waals surface area (Å²) in [5, 5.41) is 2.77. The summed E-state index contributed by atoms with van der Waals surface area (Å²) in [4.78, 5) is 28.1. The highest BCUT2D eigenvalue weighted by atomic mass is 19.2. The van der Waals surface area contributed by atoms with E-state index < -0.39 is 29.8 Å². The van der Waals surface area contributed by atoms with E-state index >= 15 is 0 Å². The highest BCUT2D eigenvalue weighted by Gasteiger charge is 2.38. The van der Waals surface area contributed by atoms with E-state index in [0.29, 0.717) is 18.0 Å². The molecule has 2 aromatic rings. The lowest BCUT2D eigenvalue weighted by atomic mass is 9.87. The number of benzene rings is 2. The Kier molecular flexibility index (Phi) is 7.95. The summed E-state index contributed by atoms with van der Waals surface area (Å²) in [5.41, 5.74) is 2.69. The fourth-order valence-electron chi connectivity index (χ4n) is 4.95. The lowest BCUT2D eigenvalue weighted by molar-refractivity contribution is 0.157. The maximum atomic E-state index is 13.5.